The molecule has 33 heavy (non-hydrogen) atoms. The number of piperidine rings is 1. The molecule has 6 aliphatic carbocycles. The molecule has 5 saturated carbocycles. The fourth-order valence-electron chi connectivity index (χ4n) is 12.2. The number of hydrogen-bond acceptors (Lipinski definition) is 3. The summed E-state index contributed by atoms with van der Waals surface area (Å²) in [7, 11) is 0. The lowest BCUT2D eigenvalue weighted by molar-refractivity contribution is -0.211. The highest BCUT2D eigenvalue weighted by Gasteiger charge is 2.91. The predicted molar refractivity (Wildman–Crippen MR) is 130 cm³/mol. The van der Waals surface area contributed by atoms with Gasteiger partial charge < -0.3 is 9.84 Å². The molecule has 8 rings (SSSR count). The van der Waals surface area contributed by atoms with E-state index >= 15 is 0 Å². The topological polar surface area (TPSA) is 32.7 Å². The van der Waals surface area contributed by atoms with E-state index in [2.05, 4.69) is 24.8 Å². The Balaban J connectivity index is 1.12. The molecule has 5 unspecified atom stereocenters. The van der Waals surface area contributed by atoms with Gasteiger partial charge in [0.15, 0.2) is 0 Å². The number of fused-ring (bicyclic) bond motifs is 6. The molecule has 0 amide bonds. The van der Waals surface area contributed by atoms with Crippen LogP contribution in [0.4, 0.5) is 0 Å². The average Bonchev–Trinajstić information content (AvgIpc) is 3.25. The van der Waals surface area contributed by atoms with Gasteiger partial charge in [-0.15, -0.1) is 11.6 Å². The Kier molecular flexibility index (Phi) is 4.09. The van der Waals surface area contributed by atoms with Crippen LogP contribution >= 0.6 is 11.6 Å². The van der Waals surface area contributed by atoms with Crippen molar-refractivity contribution in [1.82, 2.24) is 4.90 Å². The smallest absolute Gasteiger partial charge is 0.0793 e. The first-order chi connectivity index (χ1) is 15.9. The molecule has 0 aromatic carbocycles. The van der Waals surface area contributed by atoms with Gasteiger partial charge in [0.1, 0.15) is 0 Å². The van der Waals surface area contributed by atoms with Gasteiger partial charge in [0.2, 0.25) is 0 Å². The third-order valence-corrected chi connectivity index (χ3v) is 13.5. The summed E-state index contributed by atoms with van der Waals surface area (Å²) in [6, 6.07) is 0.633. The summed E-state index contributed by atoms with van der Waals surface area (Å²) in [5.41, 5.74) is 3.24. The maximum Gasteiger partial charge on any atom is 0.0793 e. The van der Waals surface area contributed by atoms with E-state index in [4.69, 9.17) is 16.3 Å². The Morgan fingerprint density at radius 3 is 2.91 bits per heavy atom. The predicted octanol–water partition coefficient (Wildman–Crippen LogP) is 5.40. The van der Waals surface area contributed by atoms with Crippen molar-refractivity contribution in [2.45, 2.75) is 102 Å². The van der Waals surface area contributed by atoms with Gasteiger partial charge in [-0.1, -0.05) is 25.5 Å². The second-order valence-electron chi connectivity index (χ2n) is 14.2. The van der Waals surface area contributed by atoms with Gasteiger partial charge in [0.05, 0.1) is 17.8 Å². The molecule has 3 spiro atoms. The third kappa shape index (κ3) is 2.24. The SMILES string of the molecule is C[C@H]1C[C@H]2OC34CC[C@H]5[C@@H]6CC=C7C[C@@H](O)CCC7(C)C6CC56CC63C[C@@H]4[C@@H]2N(CCCl)C1. The van der Waals surface area contributed by atoms with Crippen LogP contribution in [-0.2, 0) is 4.74 Å². The van der Waals surface area contributed by atoms with Gasteiger partial charge in [-0.05, 0) is 98.7 Å². The number of halogens is 1. The van der Waals surface area contributed by atoms with E-state index in [1.165, 1.54) is 57.9 Å². The van der Waals surface area contributed by atoms with Gasteiger partial charge in [-0.25, -0.2) is 0 Å². The first-order valence-corrected chi connectivity index (χ1v) is 14.8. The third-order valence-electron chi connectivity index (χ3n) is 13.3. The molecule has 12 atom stereocenters. The van der Waals surface area contributed by atoms with Crippen LogP contribution in [0.3, 0.4) is 0 Å². The fraction of sp³-hybridized carbons (Fsp3) is 0.931. The van der Waals surface area contributed by atoms with E-state index in [1.807, 2.05) is 0 Å². The standard InChI is InChI=1S/C29H42ClNO2/c1-17-11-24-25(31(15-17)10-9-30)23-14-28-16-27(28)13-22-20(21(27)6-8-29(23,28)33-24)4-3-18-12-19(32)5-7-26(18,22)2/h3,17,19-25,32H,4-16H2,1-2H3/t17-,19-,20-,21-,22?,23+,24+,25-,26?,27?,28?,29?/m0/s1. The van der Waals surface area contributed by atoms with Crippen molar-refractivity contribution in [2.75, 3.05) is 19.0 Å². The summed E-state index contributed by atoms with van der Waals surface area (Å²) in [4.78, 5) is 2.73. The van der Waals surface area contributed by atoms with Crippen molar-refractivity contribution < 1.29 is 9.84 Å². The van der Waals surface area contributed by atoms with Crippen LogP contribution < -0.4 is 0 Å². The Labute approximate surface area is 204 Å². The fourth-order valence-corrected chi connectivity index (χ4v) is 12.5. The van der Waals surface area contributed by atoms with Gasteiger partial charge in [-0.3, -0.25) is 4.90 Å². The second kappa shape index (κ2) is 6.42. The maximum atomic E-state index is 10.4. The van der Waals surface area contributed by atoms with E-state index in [1.54, 1.807) is 5.57 Å². The lowest BCUT2D eigenvalue weighted by Crippen LogP contribution is -2.64. The first kappa shape index (κ1) is 21.0. The van der Waals surface area contributed by atoms with Gasteiger partial charge >= 0.3 is 0 Å². The van der Waals surface area contributed by atoms with Crippen LogP contribution in [0.2, 0.25) is 0 Å². The summed E-state index contributed by atoms with van der Waals surface area (Å²) in [5.74, 6) is 4.90. The summed E-state index contributed by atoms with van der Waals surface area (Å²) in [6.45, 7) is 7.24. The molecule has 1 N–H and O–H groups in total. The van der Waals surface area contributed by atoms with Crippen molar-refractivity contribution in [3.8, 4) is 0 Å². The molecule has 4 heteroatoms. The highest BCUT2D eigenvalue weighted by Crippen LogP contribution is 2.93. The van der Waals surface area contributed by atoms with E-state index in [-0.39, 0.29) is 11.7 Å². The number of allylic oxidation sites excluding steroid dienone is 1. The van der Waals surface area contributed by atoms with Crippen LogP contribution in [0.1, 0.15) is 78.1 Å². The molecule has 3 nitrogen and oxygen atoms in total. The normalized spacial score (nSPS) is 62.5. The van der Waals surface area contributed by atoms with Gasteiger partial charge in [-0.2, -0.15) is 0 Å². The molecular formula is C29H42ClNO2. The number of rotatable bonds is 2. The highest BCUT2D eigenvalue weighted by molar-refractivity contribution is 6.18. The van der Waals surface area contributed by atoms with Crippen molar-refractivity contribution in [2.24, 2.45) is 45.8 Å². The van der Waals surface area contributed by atoms with Crippen LogP contribution in [0.15, 0.2) is 11.6 Å². The summed E-state index contributed by atoms with van der Waals surface area (Å²) in [6.07, 6.45) is 15.7. The largest absolute Gasteiger partial charge is 0.393 e. The van der Waals surface area contributed by atoms with E-state index < -0.39 is 0 Å². The van der Waals surface area contributed by atoms with Crippen molar-refractivity contribution in [1.29, 1.82) is 0 Å². The zero-order valence-electron chi connectivity index (χ0n) is 20.6. The maximum absolute atomic E-state index is 10.4. The summed E-state index contributed by atoms with van der Waals surface area (Å²) in [5, 5.41) is 10.4. The lowest BCUT2D eigenvalue weighted by Gasteiger charge is -2.60. The summed E-state index contributed by atoms with van der Waals surface area (Å²) >= 11 is 6.26. The Bertz CT molecular complexity index is 921. The van der Waals surface area contributed by atoms with Crippen molar-refractivity contribution in [3.05, 3.63) is 11.6 Å². The van der Waals surface area contributed by atoms with Crippen molar-refractivity contribution >= 4 is 11.6 Å². The van der Waals surface area contributed by atoms with Crippen LogP contribution in [0.25, 0.3) is 0 Å². The molecule has 2 heterocycles. The molecule has 2 saturated heterocycles. The first-order valence-electron chi connectivity index (χ1n) is 14.2. The van der Waals surface area contributed by atoms with Gasteiger partial charge in [0.25, 0.3) is 0 Å². The van der Waals surface area contributed by atoms with Crippen LogP contribution in [-0.4, -0.2) is 52.8 Å². The minimum absolute atomic E-state index is 0.0980. The molecular weight excluding hydrogens is 430 g/mol. The van der Waals surface area contributed by atoms with Crippen LogP contribution in [0.5, 0.6) is 0 Å². The zero-order chi connectivity index (χ0) is 22.4. The monoisotopic (exact) mass is 471 g/mol. The molecule has 0 radical (unpaired) electrons. The Morgan fingerprint density at radius 2 is 2.06 bits per heavy atom. The molecule has 8 aliphatic rings. The minimum Gasteiger partial charge on any atom is -0.393 e. The van der Waals surface area contributed by atoms with Crippen LogP contribution in [0, 0.1) is 45.8 Å². The Morgan fingerprint density at radius 1 is 1.18 bits per heavy atom. The number of ether oxygens (including phenoxy) is 1. The summed E-state index contributed by atoms with van der Waals surface area (Å²) < 4.78 is 7.32. The van der Waals surface area contributed by atoms with E-state index in [9.17, 15) is 5.11 Å². The molecule has 182 valence electrons. The van der Waals surface area contributed by atoms with E-state index in [0.717, 1.165) is 54.9 Å². The number of aliphatic hydroxyl groups is 1. The highest BCUT2D eigenvalue weighted by atomic mass is 35.5. The Hall–Kier alpha value is -0.0900. The zero-order valence-corrected chi connectivity index (χ0v) is 21.3. The molecule has 7 fully saturated rings. The molecule has 0 aromatic rings. The number of alkyl halides is 1. The molecule has 0 aromatic heterocycles. The molecule has 0 bridgehead atoms. The average molecular weight is 472 g/mol. The minimum atomic E-state index is -0.0980. The number of nitrogens with zero attached hydrogens (tertiary/aromatic N) is 1. The number of hydrogen-bond donors (Lipinski definition) is 1. The number of likely N-dealkylation sites (tertiary alicyclic amines) is 1. The number of aliphatic hydroxyl groups excluding tert-OH is 1. The van der Waals surface area contributed by atoms with Gasteiger partial charge in [0, 0.05) is 36.3 Å². The molecule has 2 aliphatic heterocycles. The van der Waals surface area contributed by atoms with Crippen molar-refractivity contribution in [3.63, 3.8) is 0 Å². The second-order valence-corrected chi connectivity index (χ2v) is 14.6. The quantitative estimate of drug-likeness (QED) is 0.432. The lowest BCUT2D eigenvalue weighted by atomic mass is 9.47. The van der Waals surface area contributed by atoms with E-state index in [0.29, 0.717) is 28.4 Å².